The highest BCUT2D eigenvalue weighted by atomic mass is 16.5. The fourth-order valence-corrected chi connectivity index (χ4v) is 3.54. The third kappa shape index (κ3) is 12.2. The number of rotatable bonds is 15. The van der Waals surface area contributed by atoms with Crippen LogP contribution >= 0.6 is 0 Å². The molecule has 6 N–H and O–H groups in total. The van der Waals surface area contributed by atoms with Crippen molar-refractivity contribution in [2.45, 2.75) is 79.0 Å². The topological polar surface area (TPSA) is 169 Å². The maximum absolute atomic E-state index is 13.1. The molecule has 0 aliphatic carbocycles. The summed E-state index contributed by atoms with van der Waals surface area (Å²) < 4.78 is 4.96. The number of urea groups is 1. The quantitative estimate of drug-likeness (QED) is 0.176. The summed E-state index contributed by atoms with van der Waals surface area (Å²) in [6.07, 6.45) is 2.16. The lowest BCUT2D eigenvalue weighted by molar-refractivity contribution is -0.142. The van der Waals surface area contributed by atoms with Gasteiger partial charge < -0.3 is 31.7 Å². The molecule has 11 nitrogen and oxygen atoms in total. The van der Waals surface area contributed by atoms with Crippen LogP contribution in [0.5, 0.6) is 0 Å². The van der Waals surface area contributed by atoms with Crippen molar-refractivity contribution in [3.05, 3.63) is 29.8 Å². The zero-order chi connectivity index (χ0) is 28.0. The molecule has 0 aliphatic rings. The predicted octanol–water partition coefficient (Wildman–Crippen LogP) is 2.20. The van der Waals surface area contributed by atoms with Crippen molar-refractivity contribution in [3.63, 3.8) is 0 Å². The lowest BCUT2D eigenvalue weighted by Crippen LogP contribution is -2.55. The minimum absolute atomic E-state index is 0.119. The molecule has 0 aromatic heterocycles. The molecule has 1 rings (SSSR count). The Balaban J connectivity index is 2.93. The Hall–Kier alpha value is -3.63. The van der Waals surface area contributed by atoms with Gasteiger partial charge in [0, 0.05) is 25.1 Å². The Kier molecular flexibility index (Phi) is 13.7. The van der Waals surface area contributed by atoms with Crippen LogP contribution in [0.15, 0.2) is 24.3 Å². The molecule has 0 aliphatic heterocycles. The third-order valence-corrected chi connectivity index (χ3v) is 5.68. The number of hydrogen-bond donors (Lipinski definition) is 5. The number of hydrogen-bond acceptors (Lipinski definition) is 6. The number of benzene rings is 1. The van der Waals surface area contributed by atoms with E-state index in [-0.39, 0.29) is 37.3 Å². The van der Waals surface area contributed by atoms with Crippen molar-refractivity contribution in [1.82, 2.24) is 16.0 Å². The highest BCUT2D eigenvalue weighted by molar-refractivity contribution is 5.98. The van der Waals surface area contributed by atoms with E-state index in [1.165, 1.54) is 6.92 Å². The van der Waals surface area contributed by atoms with Crippen LogP contribution in [-0.2, 0) is 30.5 Å². The predicted molar refractivity (Wildman–Crippen MR) is 140 cm³/mol. The van der Waals surface area contributed by atoms with Crippen LogP contribution in [0.3, 0.4) is 0 Å². The fourth-order valence-electron chi connectivity index (χ4n) is 3.54. The summed E-state index contributed by atoms with van der Waals surface area (Å²) in [5.74, 6) is -1.96. The largest absolute Gasteiger partial charge is 0.461 e. The van der Waals surface area contributed by atoms with Gasteiger partial charge in [0.15, 0.2) is 0 Å². The van der Waals surface area contributed by atoms with Crippen LogP contribution < -0.4 is 27.0 Å². The van der Waals surface area contributed by atoms with E-state index in [4.69, 9.17) is 10.5 Å². The van der Waals surface area contributed by atoms with Crippen molar-refractivity contribution in [2.75, 3.05) is 11.9 Å². The van der Waals surface area contributed by atoms with Gasteiger partial charge in [-0.15, -0.1) is 0 Å². The molecule has 11 heteroatoms. The molecule has 3 atom stereocenters. The number of esters is 1. The second-order valence-electron chi connectivity index (χ2n) is 9.38. The number of nitrogens with two attached hydrogens (primary N) is 1. The summed E-state index contributed by atoms with van der Waals surface area (Å²) in [5.41, 5.74) is 6.35. The van der Waals surface area contributed by atoms with Crippen molar-refractivity contribution in [3.8, 4) is 0 Å². The summed E-state index contributed by atoms with van der Waals surface area (Å²) in [6, 6.07) is 4.34. The van der Waals surface area contributed by atoms with Crippen LogP contribution in [0, 0.1) is 11.8 Å². The molecular formula is C26H41N5O6. The molecule has 5 amide bonds. The molecule has 0 fully saturated rings. The molecule has 37 heavy (non-hydrogen) atoms. The van der Waals surface area contributed by atoms with Crippen LogP contribution in [0.1, 0.15) is 65.9 Å². The molecule has 0 radical (unpaired) electrons. The van der Waals surface area contributed by atoms with Gasteiger partial charge in [0.1, 0.15) is 18.7 Å². The molecule has 2 unspecified atom stereocenters. The monoisotopic (exact) mass is 519 g/mol. The Bertz CT molecular complexity index is 919. The Labute approximate surface area is 218 Å². The van der Waals surface area contributed by atoms with Gasteiger partial charge in [0.05, 0.1) is 0 Å². The van der Waals surface area contributed by atoms with Crippen LogP contribution in [-0.4, -0.2) is 48.4 Å². The maximum atomic E-state index is 13.1. The van der Waals surface area contributed by atoms with Gasteiger partial charge in [-0.25, -0.2) is 4.79 Å². The fraction of sp³-hybridized carbons (Fsp3) is 0.577. The maximum Gasteiger partial charge on any atom is 0.312 e. The smallest absolute Gasteiger partial charge is 0.312 e. The van der Waals surface area contributed by atoms with Crippen LogP contribution in [0.4, 0.5) is 10.5 Å². The third-order valence-electron chi connectivity index (χ3n) is 5.68. The standard InChI is InChI=1S/C26H41N5O6/c1-6-8-17(4)23(33)31-22(16(2)3)25(35)30-21(9-7-14-28-26(27)36)24(34)29-20-12-10-19(11-13-20)15-37-18(5)32/h10-13,16-17,21-22H,6-9,14-15H2,1-5H3,(H,29,34)(H,30,35)(H,31,33)(H3,27,28,36)/t17?,21-,22?/m0/s1. The average Bonchev–Trinajstić information content (AvgIpc) is 2.83. The second kappa shape index (κ2) is 16.2. The summed E-state index contributed by atoms with van der Waals surface area (Å²) in [7, 11) is 0. The molecule has 206 valence electrons. The second-order valence-corrected chi connectivity index (χ2v) is 9.38. The van der Waals surface area contributed by atoms with Crippen molar-refractivity contribution in [1.29, 1.82) is 0 Å². The first-order chi connectivity index (χ1) is 17.4. The van der Waals surface area contributed by atoms with Gasteiger partial charge in [-0.2, -0.15) is 0 Å². The summed E-state index contributed by atoms with van der Waals surface area (Å²) in [6.45, 7) is 9.11. The molecule has 0 bridgehead atoms. The van der Waals surface area contributed by atoms with E-state index in [1.54, 1.807) is 24.3 Å². The Morgan fingerprint density at radius 3 is 2.11 bits per heavy atom. The van der Waals surface area contributed by atoms with E-state index in [0.717, 1.165) is 12.0 Å². The van der Waals surface area contributed by atoms with Crippen molar-refractivity contribution < 1.29 is 28.7 Å². The summed E-state index contributed by atoms with van der Waals surface area (Å²) in [4.78, 5) is 60.7. The van der Waals surface area contributed by atoms with Gasteiger partial charge in [-0.3, -0.25) is 19.2 Å². The lowest BCUT2D eigenvalue weighted by atomic mass is 9.99. The minimum Gasteiger partial charge on any atom is -0.461 e. The Morgan fingerprint density at radius 2 is 1.57 bits per heavy atom. The first-order valence-corrected chi connectivity index (χ1v) is 12.6. The van der Waals surface area contributed by atoms with E-state index in [9.17, 15) is 24.0 Å². The zero-order valence-corrected chi connectivity index (χ0v) is 22.4. The first-order valence-electron chi connectivity index (χ1n) is 12.6. The number of primary amides is 1. The molecule has 0 spiro atoms. The highest BCUT2D eigenvalue weighted by Gasteiger charge is 2.29. The number of carbonyl (C=O) groups is 5. The number of nitrogens with one attached hydrogen (secondary N) is 4. The van der Waals surface area contributed by atoms with Gasteiger partial charge in [-0.05, 0) is 42.9 Å². The minimum atomic E-state index is -0.922. The normalized spacial score (nSPS) is 13.1. The number of amides is 5. The number of ether oxygens (including phenoxy) is 1. The molecule has 0 heterocycles. The zero-order valence-electron chi connectivity index (χ0n) is 22.4. The van der Waals surface area contributed by atoms with Crippen molar-refractivity contribution >= 4 is 35.4 Å². The van der Waals surface area contributed by atoms with Crippen molar-refractivity contribution in [2.24, 2.45) is 17.6 Å². The van der Waals surface area contributed by atoms with Gasteiger partial charge in [0.2, 0.25) is 17.7 Å². The van der Waals surface area contributed by atoms with Crippen LogP contribution in [0.25, 0.3) is 0 Å². The summed E-state index contributed by atoms with van der Waals surface area (Å²) in [5, 5.41) is 10.8. The van der Waals surface area contributed by atoms with E-state index >= 15 is 0 Å². The molecule has 0 saturated carbocycles. The molecule has 0 saturated heterocycles. The molecule has 1 aromatic carbocycles. The van der Waals surface area contributed by atoms with E-state index in [2.05, 4.69) is 21.3 Å². The van der Waals surface area contributed by atoms with E-state index < -0.39 is 35.9 Å². The van der Waals surface area contributed by atoms with Gasteiger partial charge in [0.25, 0.3) is 0 Å². The Morgan fingerprint density at radius 1 is 0.919 bits per heavy atom. The van der Waals surface area contributed by atoms with E-state index in [1.807, 2.05) is 27.7 Å². The van der Waals surface area contributed by atoms with Gasteiger partial charge >= 0.3 is 12.0 Å². The average molecular weight is 520 g/mol. The summed E-state index contributed by atoms with van der Waals surface area (Å²) >= 11 is 0. The number of anilines is 1. The lowest BCUT2D eigenvalue weighted by Gasteiger charge is -2.26. The van der Waals surface area contributed by atoms with Gasteiger partial charge in [-0.1, -0.05) is 46.2 Å². The molecular weight excluding hydrogens is 478 g/mol. The first kappa shape index (κ1) is 31.4. The SMILES string of the molecule is CCCC(C)C(=O)NC(C(=O)N[C@@H](CCCNC(N)=O)C(=O)Nc1ccc(COC(C)=O)cc1)C(C)C. The number of carbonyl (C=O) groups excluding carboxylic acids is 5. The highest BCUT2D eigenvalue weighted by Crippen LogP contribution is 2.13. The molecule has 1 aromatic rings. The van der Waals surface area contributed by atoms with E-state index in [0.29, 0.717) is 18.5 Å². The van der Waals surface area contributed by atoms with Crippen LogP contribution in [0.2, 0.25) is 0 Å².